The third-order valence-electron chi connectivity index (χ3n) is 6.62. The van der Waals surface area contributed by atoms with Gasteiger partial charge in [-0.3, -0.25) is 9.59 Å². The van der Waals surface area contributed by atoms with Crippen LogP contribution in [0.1, 0.15) is 60.5 Å². The summed E-state index contributed by atoms with van der Waals surface area (Å²) in [5, 5.41) is 2.71. The van der Waals surface area contributed by atoms with Crippen molar-refractivity contribution < 1.29 is 27.6 Å². The highest BCUT2D eigenvalue weighted by atomic mass is 35.5. The van der Waals surface area contributed by atoms with E-state index in [0.717, 1.165) is 5.57 Å². The number of sulfonamides is 1. The normalized spacial score (nSPS) is 17.1. The van der Waals surface area contributed by atoms with E-state index >= 15 is 0 Å². The molecule has 41 heavy (non-hydrogen) atoms. The molecule has 11 nitrogen and oxygen atoms in total. The summed E-state index contributed by atoms with van der Waals surface area (Å²) in [4.78, 5) is 33.0. The fraction of sp³-hybridized carbons (Fsp3) is 0.571. The van der Waals surface area contributed by atoms with Gasteiger partial charge in [0.1, 0.15) is 11.8 Å². The van der Waals surface area contributed by atoms with Gasteiger partial charge in [-0.25, -0.2) is 13.1 Å². The predicted octanol–water partition coefficient (Wildman–Crippen LogP) is 2.63. The summed E-state index contributed by atoms with van der Waals surface area (Å²) in [6.45, 7) is 12.3. The van der Waals surface area contributed by atoms with Gasteiger partial charge in [0.25, 0.3) is 0 Å². The van der Waals surface area contributed by atoms with E-state index in [2.05, 4.69) is 21.6 Å². The molecule has 1 aliphatic heterocycles. The molecule has 0 bridgehead atoms. The lowest BCUT2D eigenvalue weighted by Gasteiger charge is -2.32. The second kappa shape index (κ2) is 15.7. The molecule has 0 saturated heterocycles. The van der Waals surface area contributed by atoms with Crippen LogP contribution in [-0.4, -0.2) is 74.9 Å². The summed E-state index contributed by atoms with van der Waals surface area (Å²) in [7, 11) is -3.82. The van der Waals surface area contributed by atoms with Gasteiger partial charge in [0, 0.05) is 19.5 Å². The highest BCUT2D eigenvalue weighted by Gasteiger charge is 2.44. The van der Waals surface area contributed by atoms with E-state index in [1.807, 2.05) is 6.92 Å². The molecule has 0 radical (unpaired) electrons. The maximum atomic E-state index is 13.8. The zero-order chi connectivity index (χ0) is 31.6. The molecule has 1 atom stereocenters. The van der Waals surface area contributed by atoms with Crippen LogP contribution in [0.4, 0.5) is 0 Å². The van der Waals surface area contributed by atoms with E-state index in [1.165, 1.54) is 25.1 Å². The topological polar surface area (TPSA) is 166 Å². The van der Waals surface area contributed by atoms with E-state index in [-0.39, 0.29) is 31.2 Å². The van der Waals surface area contributed by atoms with Crippen LogP contribution in [0.5, 0.6) is 0 Å². The number of rotatable bonds is 13. The molecule has 0 aromatic heterocycles. The number of carbonyl (C=O) groups excluding carboxylic acids is 2. The lowest BCUT2D eigenvalue weighted by molar-refractivity contribution is -0.138. The Hall–Kier alpha value is -2.48. The molecule has 0 saturated carbocycles. The maximum Gasteiger partial charge on any atom is 0.247 e. The molecular weight excluding hydrogens is 570 g/mol. The number of allylic oxidation sites excluding steroid dienone is 1. The van der Waals surface area contributed by atoms with E-state index < -0.39 is 39.0 Å². The van der Waals surface area contributed by atoms with Crippen LogP contribution in [0.3, 0.4) is 0 Å². The minimum atomic E-state index is -3.82. The predicted molar refractivity (Wildman–Crippen MR) is 163 cm³/mol. The van der Waals surface area contributed by atoms with Gasteiger partial charge < -0.3 is 25.5 Å². The number of ether oxygens (including phenoxy) is 1. The first-order chi connectivity index (χ1) is 19.1. The molecular formula is C28H46ClN5O6S. The Bertz CT molecular complexity index is 1210. The van der Waals surface area contributed by atoms with Crippen LogP contribution in [0.25, 0.3) is 4.91 Å². The molecule has 1 unspecified atom stereocenters. The number of halogens is 1. The molecule has 1 heterocycles. The fourth-order valence-electron chi connectivity index (χ4n) is 4.19. The van der Waals surface area contributed by atoms with Crippen LogP contribution in [0.15, 0.2) is 47.2 Å². The molecule has 232 valence electrons. The second-order valence-corrected chi connectivity index (χ2v) is 12.3. The zero-order valence-corrected chi connectivity index (χ0v) is 26.9. The molecule has 1 aliphatic rings. The van der Waals surface area contributed by atoms with E-state index in [1.54, 1.807) is 58.0 Å². The summed E-state index contributed by atoms with van der Waals surface area (Å²) in [5.74, 6) is 4.84. The van der Waals surface area contributed by atoms with Crippen LogP contribution in [0, 0.1) is 0 Å². The van der Waals surface area contributed by atoms with Gasteiger partial charge in [-0.1, -0.05) is 37.3 Å². The van der Waals surface area contributed by atoms with Gasteiger partial charge in [-0.05, 0) is 64.7 Å². The Kier molecular flexibility index (Phi) is 14.0. The van der Waals surface area contributed by atoms with Gasteiger partial charge in [0.2, 0.25) is 21.8 Å². The first kappa shape index (κ1) is 36.5. The monoisotopic (exact) mass is 615 g/mol. The Labute approximate surface area is 249 Å². The van der Waals surface area contributed by atoms with Crippen molar-refractivity contribution >= 4 is 38.3 Å². The maximum absolute atomic E-state index is 13.8. The first-order valence-electron chi connectivity index (χ1n) is 13.3. The number of amides is 2. The number of likely N-dealkylation sites (N-methyl/N-ethyl adjacent to an activating group) is 1. The highest BCUT2D eigenvalue weighted by molar-refractivity contribution is 7.99. The molecule has 13 heteroatoms. The van der Waals surface area contributed by atoms with Crippen molar-refractivity contribution in [2.24, 2.45) is 11.6 Å². The SMILES string of the molecule is CC/C(COCC(NC(=O)C(C)(C)N)C(=O)N(CC)CC1=C(c2ccccc2)S(=O)(=O)NC1(C)C)=C(/C)ON.CCl. The summed E-state index contributed by atoms with van der Waals surface area (Å²) >= 11 is 4.64. The number of hydrogen-bond acceptors (Lipinski definition) is 8. The third-order valence-corrected chi connectivity index (χ3v) is 8.41. The zero-order valence-electron chi connectivity index (χ0n) is 25.3. The van der Waals surface area contributed by atoms with Crippen molar-refractivity contribution in [1.29, 1.82) is 0 Å². The Morgan fingerprint density at radius 3 is 2.24 bits per heavy atom. The third kappa shape index (κ3) is 9.79. The summed E-state index contributed by atoms with van der Waals surface area (Å²) in [6.07, 6.45) is 2.10. The number of nitrogens with one attached hydrogen (secondary N) is 2. The Morgan fingerprint density at radius 2 is 1.76 bits per heavy atom. The van der Waals surface area contributed by atoms with Crippen molar-refractivity contribution in [3.05, 3.63) is 52.8 Å². The van der Waals surface area contributed by atoms with E-state index in [4.69, 9.17) is 21.2 Å². The Balaban J connectivity index is 0.00000411. The smallest absolute Gasteiger partial charge is 0.247 e. The number of nitrogens with zero attached hydrogens (tertiary/aromatic N) is 1. The molecule has 2 rings (SSSR count). The van der Waals surface area contributed by atoms with Crippen LogP contribution < -0.4 is 21.7 Å². The van der Waals surface area contributed by atoms with Crippen LogP contribution >= 0.6 is 11.6 Å². The van der Waals surface area contributed by atoms with Gasteiger partial charge in [0.05, 0.1) is 29.2 Å². The first-order valence-corrected chi connectivity index (χ1v) is 15.5. The standard InChI is InChI=1S/C27H43N5O6S.CH3Cl/c1-8-19(18(3)38-29)16-37-17-22(30-25(34)26(4,5)28)24(33)32(9-2)15-21-23(20-13-11-10-12-14-20)39(35,36)31-27(21,6)7;1-2/h10-14,22,31H,8-9,15-17,28-29H2,1-7H3,(H,30,34);1H3/b19-18+;. The van der Waals surface area contributed by atoms with Crippen molar-refractivity contribution in [2.45, 2.75) is 72.0 Å². The molecule has 0 spiro atoms. The highest BCUT2D eigenvalue weighted by Crippen LogP contribution is 2.38. The summed E-state index contributed by atoms with van der Waals surface area (Å²) in [5.41, 5.74) is 5.68. The minimum absolute atomic E-state index is 0.0252. The van der Waals surface area contributed by atoms with Crippen LogP contribution in [-0.2, 0) is 29.2 Å². The number of alkyl halides is 1. The van der Waals surface area contributed by atoms with Crippen LogP contribution in [0.2, 0.25) is 0 Å². The molecule has 0 aliphatic carbocycles. The number of carbonyl (C=O) groups is 2. The van der Waals surface area contributed by atoms with Gasteiger partial charge >= 0.3 is 0 Å². The van der Waals surface area contributed by atoms with Crippen molar-refractivity contribution in [3.63, 3.8) is 0 Å². The molecule has 1 aromatic rings. The fourth-order valence-corrected chi connectivity index (χ4v) is 6.18. The summed E-state index contributed by atoms with van der Waals surface area (Å²) < 4.78 is 34.8. The van der Waals surface area contributed by atoms with E-state index in [9.17, 15) is 18.0 Å². The van der Waals surface area contributed by atoms with Gasteiger partial charge in [-0.2, -0.15) is 5.90 Å². The van der Waals surface area contributed by atoms with Gasteiger partial charge in [-0.15, -0.1) is 11.6 Å². The largest absolute Gasteiger partial charge is 0.416 e. The van der Waals surface area contributed by atoms with Crippen molar-refractivity contribution in [2.75, 3.05) is 32.7 Å². The average molecular weight is 616 g/mol. The summed E-state index contributed by atoms with van der Waals surface area (Å²) in [6, 6.07) is 7.71. The van der Waals surface area contributed by atoms with Crippen molar-refractivity contribution in [1.82, 2.24) is 14.9 Å². The molecule has 0 fully saturated rings. The number of benzene rings is 1. The lowest BCUT2D eigenvalue weighted by atomic mass is 9.92. The number of nitrogens with two attached hydrogens (primary N) is 2. The molecule has 1 aromatic carbocycles. The average Bonchev–Trinajstić information content (AvgIpc) is 3.11. The minimum Gasteiger partial charge on any atom is -0.416 e. The number of hydrogen-bond donors (Lipinski definition) is 4. The van der Waals surface area contributed by atoms with Gasteiger partial charge in [0.15, 0.2) is 0 Å². The molecule has 2 amide bonds. The quantitative estimate of drug-likeness (QED) is 0.149. The Morgan fingerprint density at radius 1 is 1.17 bits per heavy atom. The van der Waals surface area contributed by atoms with E-state index in [0.29, 0.717) is 23.3 Å². The van der Waals surface area contributed by atoms with Crippen molar-refractivity contribution in [3.8, 4) is 0 Å². The second-order valence-electron chi connectivity index (χ2n) is 10.7. The lowest BCUT2D eigenvalue weighted by Crippen LogP contribution is -2.58. The molecule has 6 N–H and O–H groups in total.